The molecule has 0 fully saturated rings. The van der Waals surface area contributed by atoms with Crippen molar-refractivity contribution in [1.29, 1.82) is 0 Å². The van der Waals surface area contributed by atoms with E-state index in [0.717, 1.165) is 16.7 Å². The second-order valence-electron chi connectivity index (χ2n) is 14.3. The van der Waals surface area contributed by atoms with Crippen molar-refractivity contribution in [3.05, 3.63) is 176 Å². The summed E-state index contributed by atoms with van der Waals surface area (Å²) >= 11 is 3.63. The third kappa shape index (κ3) is 4.92. The molecule has 3 heterocycles. The van der Waals surface area contributed by atoms with E-state index < -0.39 is 0 Å². The molecule has 0 saturated carbocycles. The summed E-state index contributed by atoms with van der Waals surface area (Å²) in [6.45, 7) is 0. The molecular weight excluding hydrogens is 719 g/mol. The molecule has 0 unspecified atom stereocenters. The zero-order valence-corrected chi connectivity index (χ0v) is 31.5. The molecule has 56 heavy (non-hydrogen) atoms. The number of aromatic nitrogens is 3. The van der Waals surface area contributed by atoms with Crippen LogP contribution in [0.15, 0.2) is 176 Å². The van der Waals surface area contributed by atoms with Gasteiger partial charge in [-0.1, -0.05) is 146 Å². The van der Waals surface area contributed by atoms with Gasteiger partial charge in [-0.2, -0.15) is 0 Å². The Hall–Kier alpha value is -6.79. The predicted octanol–water partition coefficient (Wildman–Crippen LogP) is 14.7. The standard InChI is InChI=1S/C51H29N3S2/c1-2-11-30(12-3-1)49-52-50(32-22-25-41-40-17-8-9-19-44(40)55-46(41)28-32)54-51(53-49)33-23-26-42-47(29-33)56-45-20-10-18-34(48(42)45)31-21-24-39-37-15-5-4-13-35(37)36-14-6-7-16-38(36)43(39)27-31/h1-29H. The first-order chi connectivity index (χ1) is 27.7. The van der Waals surface area contributed by atoms with Crippen LogP contribution in [-0.2, 0) is 0 Å². The Morgan fingerprint density at radius 2 is 0.732 bits per heavy atom. The number of fused-ring (bicyclic) bond motifs is 12. The van der Waals surface area contributed by atoms with Gasteiger partial charge in [-0.3, -0.25) is 0 Å². The van der Waals surface area contributed by atoms with Gasteiger partial charge in [-0.15, -0.1) is 22.7 Å². The van der Waals surface area contributed by atoms with Gasteiger partial charge in [0.1, 0.15) is 0 Å². The minimum Gasteiger partial charge on any atom is -0.208 e. The summed E-state index contributed by atoms with van der Waals surface area (Å²) in [6, 6.07) is 63.3. The lowest BCUT2D eigenvalue weighted by atomic mass is 9.91. The van der Waals surface area contributed by atoms with Crippen LogP contribution in [0.3, 0.4) is 0 Å². The molecule has 5 heteroatoms. The van der Waals surface area contributed by atoms with E-state index in [1.807, 2.05) is 29.5 Å². The van der Waals surface area contributed by atoms with Gasteiger partial charge in [0, 0.05) is 57.0 Å². The van der Waals surface area contributed by atoms with Gasteiger partial charge in [0.25, 0.3) is 0 Å². The van der Waals surface area contributed by atoms with Crippen molar-refractivity contribution >= 4 is 95.3 Å². The van der Waals surface area contributed by atoms with Crippen molar-refractivity contribution in [3.63, 3.8) is 0 Å². The van der Waals surface area contributed by atoms with Gasteiger partial charge in [-0.05, 0) is 73.8 Å². The van der Waals surface area contributed by atoms with Crippen LogP contribution in [0.1, 0.15) is 0 Å². The number of thiophene rings is 2. The maximum Gasteiger partial charge on any atom is 0.164 e. The average molecular weight is 748 g/mol. The smallest absolute Gasteiger partial charge is 0.164 e. The predicted molar refractivity (Wildman–Crippen MR) is 240 cm³/mol. The Morgan fingerprint density at radius 3 is 1.43 bits per heavy atom. The van der Waals surface area contributed by atoms with Crippen LogP contribution in [0.2, 0.25) is 0 Å². The van der Waals surface area contributed by atoms with E-state index >= 15 is 0 Å². The molecule has 0 radical (unpaired) electrons. The van der Waals surface area contributed by atoms with Crippen LogP contribution in [0.5, 0.6) is 0 Å². The van der Waals surface area contributed by atoms with Crippen molar-refractivity contribution in [2.75, 3.05) is 0 Å². The molecule has 0 bridgehead atoms. The number of hydrogen-bond acceptors (Lipinski definition) is 5. The van der Waals surface area contributed by atoms with Gasteiger partial charge in [0.15, 0.2) is 17.5 Å². The van der Waals surface area contributed by atoms with E-state index in [0.29, 0.717) is 17.5 Å². The quantitative estimate of drug-likeness (QED) is 0.168. The second kappa shape index (κ2) is 12.4. The topological polar surface area (TPSA) is 38.7 Å². The van der Waals surface area contributed by atoms with Crippen molar-refractivity contribution in [2.45, 2.75) is 0 Å². The lowest BCUT2D eigenvalue weighted by Gasteiger charge is -2.12. The first-order valence-corrected chi connectivity index (χ1v) is 20.4. The number of hydrogen-bond donors (Lipinski definition) is 0. The van der Waals surface area contributed by atoms with Gasteiger partial charge in [-0.25, -0.2) is 15.0 Å². The molecule has 0 amide bonds. The van der Waals surface area contributed by atoms with Gasteiger partial charge in [0.2, 0.25) is 0 Å². The normalized spacial score (nSPS) is 11.9. The first-order valence-electron chi connectivity index (χ1n) is 18.8. The Kier molecular flexibility index (Phi) is 6.97. The Bertz CT molecular complexity index is 3510. The van der Waals surface area contributed by atoms with E-state index in [-0.39, 0.29) is 0 Å². The first kappa shape index (κ1) is 31.5. The van der Waals surface area contributed by atoms with Crippen LogP contribution < -0.4 is 0 Å². The van der Waals surface area contributed by atoms with Crippen molar-refractivity contribution in [2.24, 2.45) is 0 Å². The van der Waals surface area contributed by atoms with E-state index in [1.165, 1.54) is 83.8 Å². The molecule has 12 aromatic rings. The molecule has 0 aliphatic heterocycles. The summed E-state index contributed by atoms with van der Waals surface area (Å²) in [5, 5.41) is 12.8. The van der Waals surface area contributed by atoms with Crippen molar-refractivity contribution in [1.82, 2.24) is 15.0 Å². The van der Waals surface area contributed by atoms with E-state index in [1.54, 1.807) is 11.3 Å². The lowest BCUT2D eigenvalue weighted by Crippen LogP contribution is -2.00. The molecule has 3 aromatic heterocycles. The molecule has 0 saturated heterocycles. The minimum absolute atomic E-state index is 0.664. The van der Waals surface area contributed by atoms with Gasteiger partial charge >= 0.3 is 0 Å². The largest absolute Gasteiger partial charge is 0.208 e. The Labute approximate surface area is 329 Å². The number of rotatable bonds is 4. The molecule has 260 valence electrons. The number of benzene rings is 9. The molecule has 0 spiro atoms. The summed E-state index contributed by atoms with van der Waals surface area (Å²) in [4.78, 5) is 15.3. The SMILES string of the molecule is c1ccc(-c2nc(-c3ccc4c(c3)sc3ccccc34)nc(-c3ccc4c(c3)sc3cccc(-c5ccc6c7ccccc7c7ccccc7c6c5)c34)n2)cc1. The van der Waals surface area contributed by atoms with Crippen LogP contribution in [0.4, 0.5) is 0 Å². The molecule has 12 rings (SSSR count). The number of nitrogens with zero attached hydrogens (tertiary/aromatic N) is 3. The molecule has 0 aliphatic carbocycles. The Morgan fingerprint density at radius 1 is 0.268 bits per heavy atom. The van der Waals surface area contributed by atoms with E-state index in [9.17, 15) is 0 Å². The lowest BCUT2D eigenvalue weighted by molar-refractivity contribution is 1.08. The average Bonchev–Trinajstić information content (AvgIpc) is 3.84. The summed E-state index contributed by atoms with van der Waals surface area (Å²) in [5.41, 5.74) is 5.37. The highest BCUT2D eigenvalue weighted by atomic mass is 32.1. The van der Waals surface area contributed by atoms with E-state index in [2.05, 4.69) is 158 Å². The fourth-order valence-electron chi connectivity index (χ4n) is 8.50. The molecule has 3 nitrogen and oxygen atoms in total. The van der Waals surface area contributed by atoms with Crippen LogP contribution in [0, 0.1) is 0 Å². The summed E-state index contributed by atoms with van der Waals surface area (Å²) in [6.07, 6.45) is 0. The monoisotopic (exact) mass is 747 g/mol. The van der Waals surface area contributed by atoms with E-state index in [4.69, 9.17) is 15.0 Å². The molecule has 0 atom stereocenters. The maximum atomic E-state index is 5.15. The van der Waals surface area contributed by atoms with Crippen LogP contribution in [0.25, 0.3) is 118 Å². The second-order valence-corrected chi connectivity index (χ2v) is 16.5. The maximum absolute atomic E-state index is 5.15. The highest BCUT2D eigenvalue weighted by Gasteiger charge is 2.17. The molecule has 0 N–H and O–H groups in total. The summed E-state index contributed by atoms with van der Waals surface area (Å²) in [5.74, 6) is 2.00. The fraction of sp³-hybridized carbons (Fsp3) is 0. The minimum atomic E-state index is 0.664. The molecular formula is C51H29N3S2. The fourth-order valence-corrected chi connectivity index (χ4v) is 10.8. The van der Waals surface area contributed by atoms with Gasteiger partial charge in [0.05, 0.1) is 0 Å². The molecule has 0 aliphatic rings. The molecule has 9 aromatic carbocycles. The third-order valence-electron chi connectivity index (χ3n) is 11.1. The van der Waals surface area contributed by atoms with Crippen LogP contribution >= 0.6 is 22.7 Å². The third-order valence-corrected chi connectivity index (χ3v) is 13.4. The van der Waals surface area contributed by atoms with Crippen molar-refractivity contribution in [3.8, 4) is 45.3 Å². The Balaban J connectivity index is 1.01. The van der Waals surface area contributed by atoms with Gasteiger partial charge < -0.3 is 0 Å². The summed E-state index contributed by atoms with van der Waals surface area (Å²) < 4.78 is 4.97. The zero-order chi connectivity index (χ0) is 36.7. The highest BCUT2D eigenvalue weighted by molar-refractivity contribution is 7.26. The summed E-state index contributed by atoms with van der Waals surface area (Å²) in [7, 11) is 0. The highest BCUT2D eigenvalue weighted by Crippen LogP contribution is 2.44. The van der Waals surface area contributed by atoms with Crippen molar-refractivity contribution < 1.29 is 0 Å². The zero-order valence-electron chi connectivity index (χ0n) is 29.9. The van der Waals surface area contributed by atoms with Crippen LogP contribution in [-0.4, -0.2) is 15.0 Å².